The highest BCUT2D eigenvalue weighted by atomic mass is 16.4. The lowest BCUT2D eigenvalue weighted by Gasteiger charge is -2.27. The molecule has 0 bridgehead atoms. The third kappa shape index (κ3) is 1.05. The molecule has 2 aliphatic rings. The van der Waals surface area contributed by atoms with Crippen LogP contribution in [-0.4, -0.2) is 11.1 Å². The van der Waals surface area contributed by atoms with Crippen molar-refractivity contribution in [3.63, 3.8) is 0 Å². The van der Waals surface area contributed by atoms with Crippen LogP contribution in [0, 0.1) is 11.3 Å². The molecule has 2 heteroatoms. The summed E-state index contributed by atoms with van der Waals surface area (Å²) in [7, 11) is 0. The van der Waals surface area contributed by atoms with E-state index in [-0.39, 0.29) is 11.3 Å². The van der Waals surface area contributed by atoms with Gasteiger partial charge in [-0.3, -0.25) is 4.79 Å². The van der Waals surface area contributed by atoms with Crippen LogP contribution in [-0.2, 0) is 4.79 Å². The Balaban J connectivity index is 2.17. The second kappa shape index (κ2) is 2.75. The van der Waals surface area contributed by atoms with E-state index in [0.29, 0.717) is 0 Å². The smallest absolute Gasteiger partial charge is 0.307 e. The summed E-state index contributed by atoms with van der Waals surface area (Å²) in [6.45, 7) is 0. The Kier molecular flexibility index (Phi) is 1.85. The van der Waals surface area contributed by atoms with E-state index in [1.54, 1.807) is 0 Å². The van der Waals surface area contributed by atoms with E-state index in [9.17, 15) is 4.79 Å². The highest BCUT2D eigenvalue weighted by Gasteiger charge is 2.47. The van der Waals surface area contributed by atoms with Gasteiger partial charge in [-0.2, -0.15) is 0 Å². The minimum absolute atomic E-state index is 0.0139. The van der Waals surface area contributed by atoms with Gasteiger partial charge in [-0.1, -0.05) is 19.3 Å². The van der Waals surface area contributed by atoms with Gasteiger partial charge < -0.3 is 5.11 Å². The third-order valence-corrected chi connectivity index (χ3v) is 3.80. The van der Waals surface area contributed by atoms with Gasteiger partial charge in [0.25, 0.3) is 0 Å². The average molecular weight is 168 g/mol. The van der Waals surface area contributed by atoms with Gasteiger partial charge in [0.15, 0.2) is 0 Å². The fourth-order valence-corrected chi connectivity index (χ4v) is 3.20. The maximum absolute atomic E-state index is 11.0. The topological polar surface area (TPSA) is 37.3 Å². The average Bonchev–Trinajstić information content (AvgIpc) is 2.61. The minimum atomic E-state index is -0.547. The Morgan fingerprint density at radius 3 is 2.33 bits per heavy atom. The van der Waals surface area contributed by atoms with Crippen LogP contribution in [0.4, 0.5) is 0 Å². The van der Waals surface area contributed by atoms with E-state index in [2.05, 4.69) is 0 Å². The van der Waals surface area contributed by atoms with Crippen LogP contribution in [0.5, 0.6) is 0 Å². The van der Waals surface area contributed by atoms with Crippen molar-refractivity contribution in [1.29, 1.82) is 0 Å². The molecule has 68 valence electrons. The number of aliphatic carboxylic acids is 1. The van der Waals surface area contributed by atoms with E-state index in [0.717, 1.165) is 12.8 Å². The zero-order valence-corrected chi connectivity index (χ0v) is 7.38. The van der Waals surface area contributed by atoms with Crippen LogP contribution in [0.25, 0.3) is 0 Å². The molecule has 12 heavy (non-hydrogen) atoms. The molecule has 1 N–H and O–H groups in total. The van der Waals surface area contributed by atoms with Crippen molar-refractivity contribution in [3.05, 3.63) is 0 Å². The normalized spacial score (nSPS) is 32.8. The van der Waals surface area contributed by atoms with Gasteiger partial charge in [0.05, 0.1) is 5.92 Å². The number of carboxylic acids is 1. The maximum atomic E-state index is 11.0. The lowest BCUT2D eigenvalue weighted by molar-refractivity contribution is -0.145. The fraction of sp³-hybridized carbons (Fsp3) is 0.900. The van der Waals surface area contributed by atoms with Crippen molar-refractivity contribution in [1.82, 2.24) is 0 Å². The lowest BCUT2D eigenvalue weighted by Crippen LogP contribution is -2.28. The van der Waals surface area contributed by atoms with Gasteiger partial charge in [-0.25, -0.2) is 0 Å². The number of hydrogen-bond donors (Lipinski definition) is 1. The molecular weight excluding hydrogens is 152 g/mol. The number of rotatable bonds is 1. The Bertz CT molecular complexity index is 187. The van der Waals surface area contributed by atoms with Crippen molar-refractivity contribution >= 4 is 5.97 Å². The van der Waals surface area contributed by atoms with Gasteiger partial charge in [-0.05, 0) is 31.1 Å². The van der Waals surface area contributed by atoms with Crippen LogP contribution >= 0.6 is 0 Å². The van der Waals surface area contributed by atoms with Gasteiger partial charge in [-0.15, -0.1) is 0 Å². The van der Waals surface area contributed by atoms with Crippen LogP contribution in [0.3, 0.4) is 0 Å². The first-order chi connectivity index (χ1) is 5.75. The van der Waals surface area contributed by atoms with Crippen LogP contribution in [0.1, 0.15) is 44.9 Å². The molecule has 0 aromatic rings. The van der Waals surface area contributed by atoms with Crippen molar-refractivity contribution in [2.75, 3.05) is 0 Å². The summed E-state index contributed by atoms with van der Waals surface area (Å²) >= 11 is 0. The number of carbonyl (C=O) groups is 1. The summed E-state index contributed by atoms with van der Waals surface area (Å²) in [6, 6.07) is 0. The van der Waals surface area contributed by atoms with Gasteiger partial charge >= 0.3 is 5.97 Å². The maximum Gasteiger partial charge on any atom is 0.307 e. The van der Waals surface area contributed by atoms with Crippen molar-refractivity contribution in [3.8, 4) is 0 Å². The standard InChI is InChI=1S/C10H16O2/c11-9(12)8-4-3-7-10(8)5-1-2-6-10/h8H,1-7H2,(H,11,12). The first-order valence-corrected chi connectivity index (χ1v) is 4.97. The summed E-state index contributed by atoms with van der Waals surface area (Å²) in [5.74, 6) is -0.561. The predicted molar refractivity (Wildman–Crippen MR) is 45.9 cm³/mol. The molecule has 0 amide bonds. The van der Waals surface area contributed by atoms with Gasteiger partial charge in [0.2, 0.25) is 0 Å². The molecule has 2 saturated carbocycles. The van der Waals surface area contributed by atoms with Crippen LogP contribution in [0.15, 0.2) is 0 Å². The molecule has 0 aliphatic heterocycles. The summed E-state index contributed by atoms with van der Waals surface area (Å²) in [5.41, 5.74) is 0.228. The van der Waals surface area contributed by atoms with E-state index in [1.807, 2.05) is 0 Å². The molecule has 2 aliphatic carbocycles. The molecule has 2 rings (SSSR count). The number of hydrogen-bond acceptors (Lipinski definition) is 1. The van der Waals surface area contributed by atoms with Crippen LogP contribution < -0.4 is 0 Å². The van der Waals surface area contributed by atoms with E-state index >= 15 is 0 Å². The summed E-state index contributed by atoms with van der Waals surface area (Å²) < 4.78 is 0. The molecule has 0 radical (unpaired) electrons. The highest BCUT2D eigenvalue weighted by Crippen LogP contribution is 2.54. The second-order valence-electron chi connectivity index (χ2n) is 4.35. The summed E-state index contributed by atoms with van der Waals surface area (Å²) in [6.07, 6.45) is 8.08. The Labute approximate surface area is 73.0 Å². The zero-order valence-electron chi connectivity index (χ0n) is 7.38. The molecule has 0 aromatic heterocycles. The fourth-order valence-electron chi connectivity index (χ4n) is 3.20. The number of carboxylic acid groups (broad SMARTS) is 1. The molecule has 1 atom stereocenters. The van der Waals surface area contributed by atoms with Crippen molar-refractivity contribution in [2.45, 2.75) is 44.9 Å². The van der Waals surface area contributed by atoms with Crippen molar-refractivity contribution in [2.24, 2.45) is 11.3 Å². The first-order valence-electron chi connectivity index (χ1n) is 4.97. The molecule has 2 fully saturated rings. The first kappa shape index (κ1) is 8.09. The third-order valence-electron chi connectivity index (χ3n) is 3.80. The van der Waals surface area contributed by atoms with E-state index in [4.69, 9.17) is 5.11 Å². The largest absolute Gasteiger partial charge is 0.481 e. The monoisotopic (exact) mass is 168 g/mol. The molecule has 0 aromatic carbocycles. The Morgan fingerprint density at radius 1 is 1.17 bits per heavy atom. The SMILES string of the molecule is O=C(O)C1CCCC12CCCC2. The van der Waals surface area contributed by atoms with E-state index < -0.39 is 5.97 Å². The highest BCUT2D eigenvalue weighted by molar-refractivity contribution is 5.71. The molecule has 0 saturated heterocycles. The molecular formula is C10H16O2. The summed E-state index contributed by atoms with van der Waals surface area (Å²) in [5, 5.41) is 9.04. The Morgan fingerprint density at radius 2 is 1.75 bits per heavy atom. The summed E-state index contributed by atoms with van der Waals surface area (Å²) in [4.78, 5) is 11.0. The molecule has 1 spiro atoms. The minimum Gasteiger partial charge on any atom is -0.481 e. The second-order valence-corrected chi connectivity index (χ2v) is 4.35. The molecule has 2 nitrogen and oxygen atoms in total. The predicted octanol–water partition coefficient (Wildman–Crippen LogP) is 2.43. The Hall–Kier alpha value is -0.530. The van der Waals surface area contributed by atoms with Gasteiger partial charge in [0, 0.05) is 0 Å². The molecule has 0 heterocycles. The van der Waals surface area contributed by atoms with Gasteiger partial charge in [0.1, 0.15) is 0 Å². The van der Waals surface area contributed by atoms with Crippen LogP contribution in [0.2, 0.25) is 0 Å². The molecule has 1 unspecified atom stereocenters. The lowest BCUT2D eigenvalue weighted by atomic mass is 9.76. The zero-order chi connectivity index (χ0) is 8.60. The van der Waals surface area contributed by atoms with Crippen molar-refractivity contribution < 1.29 is 9.90 Å². The quantitative estimate of drug-likeness (QED) is 0.653. The van der Waals surface area contributed by atoms with E-state index in [1.165, 1.54) is 32.1 Å².